The Balaban J connectivity index is 0.000000211. The summed E-state index contributed by atoms with van der Waals surface area (Å²) in [4.78, 5) is 8.76. The summed E-state index contributed by atoms with van der Waals surface area (Å²) >= 11 is 25.2. The zero-order valence-corrected chi connectivity index (χ0v) is 39.3. The number of hydrogen-bond acceptors (Lipinski definition) is 6. The largest absolute Gasteiger partial charge is 0.497 e. The van der Waals surface area contributed by atoms with E-state index in [0.717, 1.165) is 53.0 Å². The summed E-state index contributed by atoms with van der Waals surface area (Å²) in [6.45, 7) is 6.05. The van der Waals surface area contributed by atoms with E-state index in [1.54, 1.807) is 49.6 Å². The van der Waals surface area contributed by atoms with Gasteiger partial charge in [0.25, 0.3) is 0 Å². The van der Waals surface area contributed by atoms with E-state index in [9.17, 15) is 26.3 Å². The molecule has 2 heterocycles. The molecule has 2 saturated heterocycles. The van der Waals surface area contributed by atoms with Gasteiger partial charge in [0.1, 0.15) is 11.5 Å². The van der Waals surface area contributed by atoms with Crippen molar-refractivity contribution in [2.24, 2.45) is 0 Å². The first kappa shape index (κ1) is 50.6. The Kier molecular flexibility index (Phi) is 18.2. The number of ether oxygens (including phenoxy) is 2. The van der Waals surface area contributed by atoms with Crippen LogP contribution in [0.3, 0.4) is 0 Å². The maximum atomic E-state index is 13.7. The van der Waals surface area contributed by atoms with Crippen LogP contribution in [0.1, 0.15) is 48.2 Å². The van der Waals surface area contributed by atoms with Gasteiger partial charge < -0.3 is 19.3 Å². The van der Waals surface area contributed by atoms with Gasteiger partial charge in [-0.3, -0.25) is 9.80 Å². The van der Waals surface area contributed by atoms with E-state index < -0.39 is 29.9 Å². The van der Waals surface area contributed by atoms with Gasteiger partial charge in [-0.2, -0.15) is 8.78 Å². The third-order valence-corrected chi connectivity index (χ3v) is 12.2. The quantitative estimate of drug-likeness (QED) is 0.120. The summed E-state index contributed by atoms with van der Waals surface area (Å²) in [5, 5.41) is 2.21. The molecule has 0 saturated carbocycles. The molecule has 6 aromatic carbocycles. The molecule has 2 unspecified atom stereocenters. The van der Waals surface area contributed by atoms with E-state index >= 15 is 0 Å². The van der Waals surface area contributed by atoms with Crippen LogP contribution in [0, 0.1) is 23.3 Å². The lowest BCUT2D eigenvalue weighted by molar-refractivity contribution is -0.0498. The molecule has 2 fully saturated rings. The van der Waals surface area contributed by atoms with E-state index in [-0.39, 0.29) is 17.8 Å². The Labute approximate surface area is 401 Å². The molecule has 6 aromatic rings. The highest BCUT2D eigenvalue weighted by Crippen LogP contribution is 2.39. The molecule has 8 rings (SSSR count). The highest BCUT2D eigenvalue weighted by molar-refractivity contribution is 6.37. The third kappa shape index (κ3) is 13.2. The van der Waals surface area contributed by atoms with Crippen LogP contribution in [-0.2, 0) is 13.1 Å². The van der Waals surface area contributed by atoms with Crippen molar-refractivity contribution in [1.29, 1.82) is 0 Å². The molecule has 2 atom stereocenters. The zero-order chi connectivity index (χ0) is 47.5. The molecular weight excluding hydrogens is 944 g/mol. The fourth-order valence-corrected chi connectivity index (χ4v) is 9.07. The third-order valence-electron chi connectivity index (χ3n) is 11.1. The number of nitrogens with zero attached hydrogens (tertiary/aromatic N) is 4. The number of anilines is 2. The van der Waals surface area contributed by atoms with Gasteiger partial charge in [-0.25, -0.2) is 17.6 Å². The van der Waals surface area contributed by atoms with E-state index in [4.69, 9.17) is 51.1 Å². The van der Waals surface area contributed by atoms with Crippen LogP contribution >= 0.6 is 46.4 Å². The van der Waals surface area contributed by atoms with Gasteiger partial charge >= 0.3 is 6.61 Å². The molecule has 6 nitrogen and oxygen atoms in total. The van der Waals surface area contributed by atoms with Crippen LogP contribution in [0.2, 0.25) is 20.1 Å². The Bertz CT molecular complexity index is 2520. The number of rotatable bonds is 11. The van der Waals surface area contributed by atoms with Gasteiger partial charge in [0.15, 0.2) is 23.3 Å². The summed E-state index contributed by atoms with van der Waals surface area (Å²) in [5.74, 6) is -2.57. The van der Waals surface area contributed by atoms with Crippen molar-refractivity contribution in [2.45, 2.75) is 45.6 Å². The molecule has 0 amide bonds. The average molecular weight is 993 g/mol. The van der Waals surface area contributed by atoms with E-state index in [0.29, 0.717) is 64.9 Å². The summed E-state index contributed by atoms with van der Waals surface area (Å²) in [5.41, 5.74) is 5.10. The summed E-state index contributed by atoms with van der Waals surface area (Å²) in [6, 6.07) is 33.0. The Morgan fingerprint density at radius 1 is 0.515 bits per heavy atom. The van der Waals surface area contributed by atoms with Crippen molar-refractivity contribution in [1.82, 2.24) is 9.80 Å². The second-order valence-electron chi connectivity index (χ2n) is 15.3. The maximum absolute atomic E-state index is 13.7. The van der Waals surface area contributed by atoms with Crippen LogP contribution in [0.5, 0.6) is 11.5 Å². The van der Waals surface area contributed by atoms with Crippen molar-refractivity contribution >= 4 is 57.8 Å². The number of piperazine rings is 2. The van der Waals surface area contributed by atoms with Gasteiger partial charge in [0.05, 0.1) is 40.6 Å². The predicted octanol–water partition coefficient (Wildman–Crippen LogP) is 14.3. The molecule has 0 N–H and O–H groups in total. The second kappa shape index (κ2) is 23.8. The maximum Gasteiger partial charge on any atom is 0.387 e. The zero-order valence-electron chi connectivity index (χ0n) is 36.3. The molecule has 66 heavy (non-hydrogen) atoms. The molecule has 0 radical (unpaired) electrons. The molecule has 0 spiro atoms. The Hall–Kier alpha value is -4.82. The minimum Gasteiger partial charge on any atom is -0.497 e. The Morgan fingerprint density at radius 3 is 1.29 bits per heavy atom. The number of benzene rings is 6. The van der Waals surface area contributed by atoms with Gasteiger partial charge in [0, 0.05) is 62.4 Å². The number of methoxy groups -OCH3 is 1. The van der Waals surface area contributed by atoms with Crippen LogP contribution < -0.4 is 19.3 Å². The molecule has 350 valence electrons. The highest BCUT2D eigenvalue weighted by atomic mass is 35.5. The molecule has 0 aliphatic carbocycles. The smallest absolute Gasteiger partial charge is 0.387 e. The molecule has 0 aromatic heterocycles. The fourth-order valence-electron chi connectivity index (χ4n) is 8.03. The van der Waals surface area contributed by atoms with Gasteiger partial charge in [-0.05, 0) is 107 Å². The first-order chi connectivity index (χ1) is 31.7. The predicted molar refractivity (Wildman–Crippen MR) is 254 cm³/mol. The number of hydrogen-bond donors (Lipinski definition) is 0. The first-order valence-corrected chi connectivity index (χ1v) is 22.7. The fraction of sp³-hybridized carbons (Fsp3) is 0.280. The average Bonchev–Trinajstić information content (AvgIpc) is 3.30. The molecule has 16 heteroatoms. The topological polar surface area (TPSA) is 31.4 Å². The van der Waals surface area contributed by atoms with Gasteiger partial charge in [-0.15, -0.1) is 0 Å². The van der Waals surface area contributed by atoms with Gasteiger partial charge in [0.2, 0.25) is 0 Å². The number of alkyl halides is 2. The monoisotopic (exact) mass is 990 g/mol. The van der Waals surface area contributed by atoms with Crippen LogP contribution in [-0.4, -0.2) is 62.8 Å². The van der Waals surface area contributed by atoms with E-state index in [1.165, 1.54) is 30.3 Å². The van der Waals surface area contributed by atoms with Crippen LogP contribution in [0.4, 0.5) is 37.7 Å². The SMILES string of the molecule is CC.COc1ccc(C2CN(Cc3ccc(F)c(F)c3)CCN2c2ccc(Cl)cc2Cl)cc1.Fc1ccc(CN2CCN(c3ccc(Cl)cc3Cl)C(c3ccc(OC(F)F)cc3)C2)cc1F. The standard InChI is InChI=1S/C24H20Cl2F4N2O.C24H22Cl2F2N2O.C2H6/c25-17-4-8-22(19(26)12-17)32-10-9-31(13-15-1-7-20(27)21(28)11-15)14-23(32)16-2-5-18(6-3-16)33-24(29)30;1-31-19-6-3-17(4-7-19)24-15-29(14-16-2-8-21(27)22(28)12-16)10-11-30(24)23-9-5-18(25)13-20(23)26;1-2/h1-8,11-12,23-24H,9-10,13-14H2;2-9,12-13,24H,10-11,14-15H2,1H3;1-2H3. The number of halogens is 10. The lowest BCUT2D eigenvalue weighted by Gasteiger charge is -2.43. The summed E-state index contributed by atoms with van der Waals surface area (Å²) in [7, 11) is 1.64. The van der Waals surface area contributed by atoms with Crippen molar-refractivity contribution in [3.8, 4) is 11.5 Å². The summed E-state index contributed by atoms with van der Waals surface area (Å²) in [6.07, 6.45) is 0. The lowest BCUT2D eigenvalue weighted by Crippen LogP contribution is -2.48. The lowest BCUT2D eigenvalue weighted by atomic mass is 10.0. The highest BCUT2D eigenvalue weighted by Gasteiger charge is 2.32. The molecule has 0 bridgehead atoms. The minimum atomic E-state index is -2.90. The van der Waals surface area contributed by atoms with E-state index in [1.807, 2.05) is 56.3 Å². The van der Waals surface area contributed by atoms with E-state index in [2.05, 4.69) is 24.3 Å². The normalized spacial score (nSPS) is 16.6. The second-order valence-corrected chi connectivity index (χ2v) is 17.0. The van der Waals surface area contributed by atoms with Crippen molar-refractivity contribution in [2.75, 3.05) is 56.2 Å². The first-order valence-electron chi connectivity index (χ1n) is 21.2. The summed E-state index contributed by atoms with van der Waals surface area (Å²) < 4.78 is 88.8. The van der Waals surface area contributed by atoms with Crippen LogP contribution in [0.15, 0.2) is 121 Å². The molecule has 2 aliphatic heterocycles. The minimum absolute atomic E-state index is 0.0172. The van der Waals surface area contributed by atoms with Crippen molar-refractivity contribution in [3.63, 3.8) is 0 Å². The van der Waals surface area contributed by atoms with Crippen LogP contribution in [0.25, 0.3) is 0 Å². The van der Waals surface area contributed by atoms with Crippen molar-refractivity contribution < 1.29 is 35.8 Å². The molecular formula is C50H48Cl4F6N4O2. The van der Waals surface area contributed by atoms with Gasteiger partial charge in [-0.1, -0.05) is 96.6 Å². The molecule has 2 aliphatic rings. The van der Waals surface area contributed by atoms with Crippen molar-refractivity contribution in [3.05, 3.63) is 187 Å². The Morgan fingerprint density at radius 2 is 0.924 bits per heavy atom.